The van der Waals surface area contributed by atoms with Crippen LogP contribution in [0, 0.1) is 5.95 Å². The van der Waals surface area contributed by atoms with Gasteiger partial charge in [-0.15, -0.1) is 0 Å². The summed E-state index contributed by atoms with van der Waals surface area (Å²) in [7, 11) is 0. The van der Waals surface area contributed by atoms with Crippen molar-refractivity contribution < 1.29 is 13.2 Å². The average Bonchev–Trinajstić information content (AvgIpc) is 1.96. The number of nitrogen functional groups attached to an aromatic ring is 1. The number of nitrogens with zero attached hydrogens (tertiary/aromatic N) is 1. The van der Waals surface area contributed by atoms with E-state index in [9.17, 15) is 13.2 Å². The molecule has 0 radical (unpaired) electrons. The van der Waals surface area contributed by atoms with Crippen molar-refractivity contribution in [1.82, 2.24) is 4.98 Å². The smallest absolute Gasteiger partial charge is 0.267 e. The standard InChI is InChI=1S/C6H4BrF3N2/c7-3-1-2(4(8)9)6(11)12-5(3)10/h1,4H,(H2,11,12). The monoisotopic (exact) mass is 240 g/mol. The summed E-state index contributed by atoms with van der Waals surface area (Å²) >= 11 is 2.72. The van der Waals surface area contributed by atoms with Crippen LogP contribution >= 0.6 is 15.9 Å². The van der Waals surface area contributed by atoms with E-state index in [-0.39, 0.29) is 4.47 Å². The van der Waals surface area contributed by atoms with Crippen molar-refractivity contribution in [3.8, 4) is 0 Å². The lowest BCUT2D eigenvalue weighted by molar-refractivity contribution is 0.151. The second-order valence-corrected chi connectivity index (χ2v) is 2.89. The molecule has 0 bridgehead atoms. The molecule has 1 aromatic heterocycles. The third-order valence-corrected chi connectivity index (χ3v) is 1.78. The lowest BCUT2D eigenvalue weighted by Gasteiger charge is -2.03. The largest absolute Gasteiger partial charge is 0.383 e. The molecule has 0 amide bonds. The van der Waals surface area contributed by atoms with Gasteiger partial charge >= 0.3 is 0 Å². The summed E-state index contributed by atoms with van der Waals surface area (Å²) < 4.78 is 36.6. The number of pyridine rings is 1. The molecule has 1 heterocycles. The molecule has 2 nitrogen and oxygen atoms in total. The van der Waals surface area contributed by atoms with Gasteiger partial charge in [-0.2, -0.15) is 4.39 Å². The topological polar surface area (TPSA) is 38.9 Å². The first-order chi connectivity index (χ1) is 5.52. The fourth-order valence-electron chi connectivity index (χ4n) is 0.669. The summed E-state index contributed by atoms with van der Waals surface area (Å²) in [5, 5.41) is 0. The molecule has 0 saturated carbocycles. The fourth-order valence-corrected chi connectivity index (χ4v) is 1.00. The van der Waals surface area contributed by atoms with E-state index in [0.29, 0.717) is 0 Å². The van der Waals surface area contributed by atoms with Crippen molar-refractivity contribution in [2.24, 2.45) is 0 Å². The van der Waals surface area contributed by atoms with Crippen LogP contribution in [0.15, 0.2) is 10.5 Å². The van der Waals surface area contributed by atoms with Gasteiger partial charge in [-0.05, 0) is 22.0 Å². The molecule has 0 aliphatic rings. The second-order valence-electron chi connectivity index (χ2n) is 2.04. The van der Waals surface area contributed by atoms with Gasteiger partial charge in [0, 0.05) is 0 Å². The van der Waals surface area contributed by atoms with Crippen LogP contribution in [0.1, 0.15) is 12.0 Å². The van der Waals surface area contributed by atoms with E-state index in [2.05, 4.69) is 20.9 Å². The van der Waals surface area contributed by atoms with E-state index in [4.69, 9.17) is 5.73 Å². The molecule has 66 valence electrons. The molecule has 0 aliphatic carbocycles. The molecular weight excluding hydrogens is 237 g/mol. The third kappa shape index (κ3) is 1.69. The molecule has 0 saturated heterocycles. The van der Waals surface area contributed by atoms with Crippen LogP contribution in [0.25, 0.3) is 0 Å². The predicted molar refractivity (Wildman–Crippen MR) is 41.3 cm³/mol. The van der Waals surface area contributed by atoms with Crippen LogP contribution in [0.2, 0.25) is 0 Å². The Morgan fingerprint density at radius 1 is 1.50 bits per heavy atom. The molecule has 2 N–H and O–H groups in total. The van der Waals surface area contributed by atoms with Crippen molar-refractivity contribution in [2.75, 3.05) is 5.73 Å². The maximum absolute atomic E-state index is 12.5. The van der Waals surface area contributed by atoms with Gasteiger partial charge in [0.1, 0.15) is 5.82 Å². The van der Waals surface area contributed by atoms with Gasteiger partial charge in [0.2, 0.25) is 5.95 Å². The average molecular weight is 241 g/mol. The van der Waals surface area contributed by atoms with Crippen LogP contribution in [0.5, 0.6) is 0 Å². The lowest BCUT2D eigenvalue weighted by Crippen LogP contribution is -2.00. The molecule has 0 aromatic carbocycles. The van der Waals surface area contributed by atoms with Gasteiger partial charge in [0.15, 0.2) is 0 Å². The molecule has 0 atom stereocenters. The molecule has 1 rings (SSSR count). The Kier molecular flexibility index (Phi) is 2.56. The van der Waals surface area contributed by atoms with E-state index in [1.807, 2.05) is 0 Å². The van der Waals surface area contributed by atoms with Gasteiger partial charge in [0.25, 0.3) is 6.43 Å². The highest BCUT2D eigenvalue weighted by Gasteiger charge is 2.15. The van der Waals surface area contributed by atoms with Crippen LogP contribution < -0.4 is 5.73 Å². The zero-order valence-corrected chi connectivity index (χ0v) is 7.28. The normalized spacial score (nSPS) is 10.8. The molecule has 1 aromatic rings. The minimum Gasteiger partial charge on any atom is -0.383 e. The number of anilines is 1. The maximum Gasteiger partial charge on any atom is 0.267 e. The molecular formula is C6H4BrF3N2. The van der Waals surface area contributed by atoms with Crippen LogP contribution in [0.4, 0.5) is 19.0 Å². The third-order valence-electron chi connectivity index (χ3n) is 1.23. The summed E-state index contributed by atoms with van der Waals surface area (Å²) in [6.45, 7) is 0. The lowest BCUT2D eigenvalue weighted by atomic mass is 10.3. The Morgan fingerprint density at radius 3 is 2.58 bits per heavy atom. The fraction of sp³-hybridized carbons (Fsp3) is 0.167. The number of rotatable bonds is 1. The summed E-state index contributed by atoms with van der Waals surface area (Å²) in [5.74, 6) is -1.37. The molecule has 6 heteroatoms. The van der Waals surface area contributed by atoms with Gasteiger partial charge in [-0.3, -0.25) is 0 Å². The van der Waals surface area contributed by atoms with E-state index >= 15 is 0 Å². The number of halogens is 4. The van der Waals surface area contributed by atoms with E-state index in [1.54, 1.807) is 0 Å². The van der Waals surface area contributed by atoms with Gasteiger partial charge in [-0.25, -0.2) is 13.8 Å². The van der Waals surface area contributed by atoms with E-state index in [0.717, 1.165) is 6.07 Å². The number of alkyl halides is 2. The minimum atomic E-state index is -2.74. The highest BCUT2D eigenvalue weighted by atomic mass is 79.9. The Balaban J connectivity index is 3.23. The SMILES string of the molecule is Nc1nc(F)c(Br)cc1C(F)F. The highest BCUT2D eigenvalue weighted by molar-refractivity contribution is 9.10. The van der Waals surface area contributed by atoms with Crippen LogP contribution in [-0.4, -0.2) is 4.98 Å². The number of hydrogen-bond donors (Lipinski definition) is 1. The summed E-state index contributed by atoms with van der Waals surface area (Å²) in [6.07, 6.45) is -2.74. The first-order valence-electron chi connectivity index (χ1n) is 2.92. The minimum absolute atomic E-state index is 0.119. The summed E-state index contributed by atoms with van der Waals surface area (Å²) in [5.41, 5.74) is 4.57. The Hall–Kier alpha value is -0.780. The van der Waals surface area contributed by atoms with Crippen molar-refractivity contribution in [2.45, 2.75) is 6.43 Å². The molecule has 0 aliphatic heterocycles. The second kappa shape index (κ2) is 3.30. The Bertz CT molecular complexity index is 303. The number of aromatic nitrogens is 1. The first-order valence-corrected chi connectivity index (χ1v) is 3.71. The van der Waals surface area contributed by atoms with Crippen molar-refractivity contribution in [3.63, 3.8) is 0 Å². The van der Waals surface area contributed by atoms with Gasteiger partial charge in [0.05, 0.1) is 10.0 Å². The first kappa shape index (κ1) is 9.31. The van der Waals surface area contributed by atoms with Gasteiger partial charge < -0.3 is 5.73 Å². The van der Waals surface area contributed by atoms with Gasteiger partial charge in [-0.1, -0.05) is 0 Å². The molecule has 0 spiro atoms. The summed E-state index contributed by atoms with van der Waals surface area (Å²) in [6, 6.07) is 0.919. The van der Waals surface area contributed by atoms with E-state index < -0.39 is 23.8 Å². The summed E-state index contributed by atoms with van der Waals surface area (Å²) in [4.78, 5) is 3.08. The Morgan fingerprint density at radius 2 is 2.08 bits per heavy atom. The predicted octanol–water partition coefficient (Wildman–Crippen LogP) is 2.50. The highest BCUT2D eigenvalue weighted by Crippen LogP contribution is 2.27. The van der Waals surface area contributed by atoms with Crippen LogP contribution in [-0.2, 0) is 0 Å². The van der Waals surface area contributed by atoms with Crippen molar-refractivity contribution in [3.05, 3.63) is 22.1 Å². The Labute approximate surface area is 74.7 Å². The maximum atomic E-state index is 12.5. The zero-order chi connectivity index (χ0) is 9.30. The van der Waals surface area contributed by atoms with Crippen LogP contribution in [0.3, 0.4) is 0 Å². The zero-order valence-electron chi connectivity index (χ0n) is 5.69. The quantitative estimate of drug-likeness (QED) is 0.767. The van der Waals surface area contributed by atoms with Crippen molar-refractivity contribution >= 4 is 21.7 Å². The molecule has 0 fully saturated rings. The number of hydrogen-bond acceptors (Lipinski definition) is 2. The molecule has 0 unspecified atom stereocenters. The molecule has 12 heavy (non-hydrogen) atoms. The number of nitrogens with two attached hydrogens (primary N) is 1. The van der Waals surface area contributed by atoms with Crippen molar-refractivity contribution in [1.29, 1.82) is 0 Å². The van der Waals surface area contributed by atoms with E-state index in [1.165, 1.54) is 0 Å².